The molecule has 1 aromatic rings. The van der Waals surface area contributed by atoms with Crippen LogP contribution in [0.2, 0.25) is 0 Å². The first-order valence-electron chi connectivity index (χ1n) is 3.41. The molecule has 0 aliphatic rings. The second-order valence-corrected chi connectivity index (χ2v) is 4.17. The van der Waals surface area contributed by atoms with Crippen LogP contribution in [-0.2, 0) is 0 Å². The molecule has 0 heterocycles. The summed E-state index contributed by atoms with van der Waals surface area (Å²) in [6, 6.07) is 5.87. The molecule has 0 spiro atoms. The van der Waals surface area contributed by atoms with E-state index in [0.717, 1.165) is 11.5 Å². The molecule has 0 bridgehead atoms. The molecule has 0 aliphatic heterocycles. The Morgan fingerprint density at radius 1 is 1.08 bits per heavy atom. The summed E-state index contributed by atoms with van der Waals surface area (Å²) in [6.07, 6.45) is 0. The van der Waals surface area contributed by atoms with Gasteiger partial charge in [0, 0.05) is 9.64 Å². The van der Waals surface area contributed by atoms with E-state index >= 15 is 0 Å². The van der Waals surface area contributed by atoms with Gasteiger partial charge in [-0.25, -0.2) is 0 Å². The molecule has 0 saturated carbocycles. The molecule has 0 aromatic heterocycles. The lowest BCUT2D eigenvalue weighted by molar-refractivity contribution is 0.394. The van der Waals surface area contributed by atoms with Crippen molar-refractivity contribution in [2.24, 2.45) is 0 Å². The normalized spacial score (nSPS) is 9.50. The number of hydrogen-bond donors (Lipinski definition) is 0. The van der Waals surface area contributed by atoms with Crippen molar-refractivity contribution in [3.8, 4) is 11.5 Å². The molecular formula is C9H11IO2. The van der Waals surface area contributed by atoms with Crippen LogP contribution in [0.5, 0.6) is 11.5 Å². The third-order valence-corrected chi connectivity index (χ3v) is 2.97. The molecule has 1 rings (SSSR count). The Kier molecular flexibility index (Phi) is 3.52. The predicted molar refractivity (Wildman–Crippen MR) is 59.4 cm³/mol. The first kappa shape index (κ1) is 9.51. The SMILES string of the molecule is C=Ic1cc(OC)cc(OC)c1. The van der Waals surface area contributed by atoms with Crippen LogP contribution >= 0.6 is 20.7 Å². The van der Waals surface area contributed by atoms with Crippen LogP contribution < -0.4 is 9.47 Å². The fraction of sp³-hybridized carbons (Fsp3) is 0.222. The van der Waals surface area contributed by atoms with Crippen molar-refractivity contribution < 1.29 is 9.47 Å². The lowest BCUT2D eigenvalue weighted by atomic mass is 10.3. The van der Waals surface area contributed by atoms with Crippen LogP contribution in [0.3, 0.4) is 0 Å². The van der Waals surface area contributed by atoms with Crippen LogP contribution in [0.4, 0.5) is 0 Å². The van der Waals surface area contributed by atoms with Crippen molar-refractivity contribution >= 4 is 25.2 Å². The van der Waals surface area contributed by atoms with Crippen LogP contribution in [-0.4, -0.2) is 18.7 Å². The highest BCUT2D eigenvalue weighted by atomic mass is 127. The minimum Gasteiger partial charge on any atom is -0.497 e. The molecule has 0 atom stereocenters. The zero-order chi connectivity index (χ0) is 8.97. The fourth-order valence-electron chi connectivity index (χ4n) is 0.850. The summed E-state index contributed by atoms with van der Waals surface area (Å²) >= 11 is -0.146. The second kappa shape index (κ2) is 4.45. The van der Waals surface area contributed by atoms with Gasteiger partial charge in [-0.15, -0.1) is 0 Å². The van der Waals surface area contributed by atoms with Gasteiger partial charge >= 0.3 is 0 Å². The van der Waals surface area contributed by atoms with Gasteiger partial charge in [0.2, 0.25) is 0 Å². The third-order valence-electron chi connectivity index (χ3n) is 1.47. The van der Waals surface area contributed by atoms with E-state index in [1.54, 1.807) is 14.2 Å². The van der Waals surface area contributed by atoms with Gasteiger partial charge in [-0.05, 0) is 12.1 Å². The monoisotopic (exact) mass is 278 g/mol. The summed E-state index contributed by atoms with van der Waals surface area (Å²) in [5.74, 6) is 1.68. The van der Waals surface area contributed by atoms with E-state index in [-0.39, 0.29) is 20.7 Å². The number of halogens is 1. The van der Waals surface area contributed by atoms with Gasteiger partial charge in [-0.2, -0.15) is 0 Å². The Balaban J connectivity index is 3.09. The summed E-state index contributed by atoms with van der Waals surface area (Å²) in [5.41, 5.74) is 0. The Hall–Kier alpha value is -0.580. The lowest BCUT2D eigenvalue weighted by Gasteiger charge is -2.04. The minimum atomic E-state index is -0.146. The number of methoxy groups -OCH3 is 2. The Morgan fingerprint density at radius 2 is 1.58 bits per heavy atom. The van der Waals surface area contributed by atoms with Crippen molar-refractivity contribution in [3.05, 3.63) is 21.8 Å². The summed E-state index contributed by atoms with van der Waals surface area (Å²) in [7, 11) is 3.31. The first-order valence-corrected chi connectivity index (χ1v) is 6.02. The van der Waals surface area contributed by atoms with Crippen LogP contribution in [0.15, 0.2) is 18.2 Å². The maximum absolute atomic E-state index is 5.11. The molecule has 0 amide bonds. The average molecular weight is 278 g/mol. The molecule has 0 saturated heterocycles. The van der Waals surface area contributed by atoms with Gasteiger partial charge in [0.05, 0.1) is 14.2 Å². The molecule has 2 nitrogen and oxygen atoms in total. The standard InChI is InChI=1S/C9H11IO2/c1-10-7-4-8(11-2)6-9(5-7)12-3/h4-6H,1H2,2-3H3. The molecule has 66 valence electrons. The maximum Gasteiger partial charge on any atom is 0.123 e. The van der Waals surface area contributed by atoms with Crippen molar-refractivity contribution in [1.29, 1.82) is 0 Å². The molecule has 0 N–H and O–H groups in total. The van der Waals surface area contributed by atoms with Crippen LogP contribution in [0.25, 0.3) is 0 Å². The Bertz CT molecular complexity index is 262. The van der Waals surface area contributed by atoms with Gasteiger partial charge in [0.1, 0.15) is 11.5 Å². The van der Waals surface area contributed by atoms with E-state index in [1.807, 2.05) is 18.2 Å². The molecule has 3 heteroatoms. The predicted octanol–water partition coefficient (Wildman–Crippen LogP) is 2.28. The second-order valence-electron chi connectivity index (χ2n) is 2.16. The van der Waals surface area contributed by atoms with E-state index in [4.69, 9.17) is 9.47 Å². The molecule has 0 radical (unpaired) electrons. The Labute approximate surface area is 82.2 Å². The number of ether oxygens (including phenoxy) is 2. The van der Waals surface area contributed by atoms with Gasteiger partial charge in [0.25, 0.3) is 0 Å². The van der Waals surface area contributed by atoms with Crippen LogP contribution in [0.1, 0.15) is 0 Å². The fourth-order valence-corrected chi connectivity index (χ4v) is 1.90. The minimum absolute atomic E-state index is 0.146. The highest BCUT2D eigenvalue weighted by molar-refractivity contribution is 14.2. The molecule has 1 aromatic carbocycles. The molecule has 12 heavy (non-hydrogen) atoms. The summed E-state index contributed by atoms with van der Waals surface area (Å²) in [5, 5.41) is 0. The van der Waals surface area contributed by atoms with E-state index in [0.29, 0.717) is 0 Å². The molecule has 0 unspecified atom stereocenters. The van der Waals surface area contributed by atoms with E-state index < -0.39 is 0 Å². The van der Waals surface area contributed by atoms with Gasteiger partial charge in [0.15, 0.2) is 0 Å². The smallest absolute Gasteiger partial charge is 0.123 e. The Morgan fingerprint density at radius 3 is 1.92 bits per heavy atom. The highest BCUT2D eigenvalue weighted by Crippen LogP contribution is 2.24. The van der Waals surface area contributed by atoms with E-state index in [2.05, 4.69) is 4.51 Å². The number of benzene rings is 1. The molecule has 0 fully saturated rings. The summed E-state index contributed by atoms with van der Waals surface area (Å²) in [6.45, 7) is 0. The number of hydrogen-bond acceptors (Lipinski definition) is 2. The van der Waals surface area contributed by atoms with Crippen molar-refractivity contribution in [1.82, 2.24) is 0 Å². The first-order chi connectivity index (χ1) is 5.80. The number of rotatable bonds is 3. The summed E-state index contributed by atoms with van der Waals surface area (Å²) in [4.78, 5) is 0. The maximum atomic E-state index is 5.11. The highest BCUT2D eigenvalue weighted by Gasteiger charge is 1.98. The quantitative estimate of drug-likeness (QED) is 0.790. The average Bonchev–Trinajstić information content (AvgIpc) is 2.16. The molecule has 0 aliphatic carbocycles. The van der Waals surface area contributed by atoms with Gasteiger partial charge in [-0.1, -0.05) is 25.2 Å². The van der Waals surface area contributed by atoms with Crippen molar-refractivity contribution in [2.75, 3.05) is 14.2 Å². The van der Waals surface area contributed by atoms with Crippen molar-refractivity contribution in [3.63, 3.8) is 0 Å². The third kappa shape index (κ3) is 2.20. The van der Waals surface area contributed by atoms with Gasteiger partial charge in [-0.3, -0.25) is 0 Å². The van der Waals surface area contributed by atoms with E-state index in [1.165, 1.54) is 3.57 Å². The van der Waals surface area contributed by atoms with Crippen molar-refractivity contribution in [2.45, 2.75) is 0 Å². The zero-order valence-electron chi connectivity index (χ0n) is 7.13. The molecular weight excluding hydrogens is 267 g/mol. The zero-order valence-corrected chi connectivity index (χ0v) is 9.29. The largest absolute Gasteiger partial charge is 0.497 e. The summed E-state index contributed by atoms with van der Waals surface area (Å²) < 4.78 is 15.4. The van der Waals surface area contributed by atoms with Crippen LogP contribution in [0, 0.1) is 3.57 Å². The van der Waals surface area contributed by atoms with Gasteiger partial charge < -0.3 is 9.47 Å². The lowest BCUT2D eigenvalue weighted by Crippen LogP contribution is -1.87. The topological polar surface area (TPSA) is 18.5 Å². The van der Waals surface area contributed by atoms with E-state index in [9.17, 15) is 0 Å².